The zero-order valence-electron chi connectivity index (χ0n) is 12.1. The van der Waals surface area contributed by atoms with E-state index in [1.807, 2.05) is 0 Å². The van der Waals surface area contributed by atoms with Gasteiger partial charge in [0.05, 0.1) is 24.9 Å². The molecule has 9 heteroatoms. The number of sulfonamides is 1. The van der Waals surface area contributed by atoms with Gasteiger partial charge in [-0.15, -0.1) is 0 Å². The molecule has 0 aliphatic rings. The van der Waals surface area contributed by atoms with E-state index in [-0.39, 0.29) is 27.1 Å². The highest BCUT2D eigenvalue weighted by Gasteiger charge is 2.21. The average molecular weight is 425 g/mol. The molecule has 2 aromatic carbocycles. The van der Waals surface area contributed by atoms with E-state index in [0.717, 1.165) is 6.07 Å². The van der Waals surface area contributed by atoms with E-state index in [1.165, 1.54) is 38.5 Å². The topological polar surface area (TPSA) is 64.6 Å². The molecular weight excluding hydrogens is 413 g/mol. The molecule has 124 valence electrons. The second-order valence-electron chi connectivity index (χ2n) is 4.37. The Morgan fingerprint density at radius 1 is 1.13 bits per heavy atom. The van der Waals surface area contributed by atoms with Gasteiger partial charge >= 0.3 is 0 Å². The lowest BCUT2D eigenvalue weighted by atomic mass is 10.2. The molecule has 2 rings (SSSR count). The second kappa shape index (κ2) is 6.94. The van der Waals surface area contributed by atoms with E-state index in [2.05, 4.69) is 20.7 Å². The van der Waals surface area contributed by atoms with Crippen LogP contribution in [0.1, 0.15) is 0 Å². The van der Waals surface area contributed by atoms with Gasteiger partial charge in [0.1, 0.15) is 4.90 Å². The van der Waals surface area contributed by atoms with E-state index in [1.54, 1.807) is 0 Å². The molecule has 2 aromatic rings. The predicted octanol–water partition coefficient (Wildman–Crippen LogP) is 4.06. The van der Waals surface area contributed by atoms with Crippen molar-refractivity contribution >= 4 is 43.2 Å². The Hall–Kier alpha value is -1.51. The summed E-state index contributed by atoms with van der Waals surface area (Å²) in [6.07, 6.45) is 0. The van der Waals surface area contributed by atoms with Gasteiger partial charge in [0.2, 0.25) is 0 Å². The first-order valence-corrected chi connectivity index (χ1v) is 8.83. The standard InChI is InChI=1S/C14H12BrClFNO4S/c1-21-12-6-10(17)11(7-13(12)22-2)18-23(19,20)14-4-3-8(15)5-9(14)16/h3-7,18H,1-2H3. The molecule has 5 nitrogen and oxygen atoms in total. The van der Waals surface area contributed by atoms with Crippen LogP contribution >= 0.6 is 27.5 Å². The van der Waals surface area contributed by atoms with Crippen molar-refractivity contribution in [3.05, 3.63) is 45.6 Å². The van der Waals surface area contributed by atoms with Gasteiger partial charge in [0.15, 0.2) is 17.3 Å². The van der Waals surface area contributed by atoms with Crippen LogP contribution in [0.2, 0.25) is 5.02 Å². The highest BCUT2D eigenvalue weighted by molar-refractivity contribution is 9.10. The molecule has 0 radical (unpaired) electrons. The van der Waals surface area contributed by atoms with Crippen molar-refractivity contribution in [2.75, 3.05) is 18.9 Å². The number of hydrogen-bond acceptors (Lipinski definition) is 4. The van der Waals surface area contributed by atoms with Crippen molar-refractivity contribution in [1.29, 1.82) is 0 Å². The first kappa shape index (κ1) is 17.8. The van der Waals surface area contributed by atoms with Crippen LogP contribution in [0.3, 0.4) is 0 Å². The Morgan fingerprint density at radius 2 is 1.74 bits per heavy atom. The minimum atomic E-state index is -4.07. The Balaban J connectivity index is 2.45. The number of benzene rings is 2. The predicted molar refractivity (Wildman–Crippen MR) is 89.5 cm³/mol. The molecular formula is C14H12BrClFNO4S. The largest absolute Gasteiger partial charge is 0.493 e. The Labute approximate surface area is 146 Å². The van der Waals surface area contributed by atoms with E-state index < -0.39 is 15.8 Å². The maximum Gasteiger partial charge on any atom is 0.263 e. The van der Waals surface area contributed by atoms with Gasteiger partial charge in [-0.25, -0.2) is 12.8 Å². The normalized spacial score (nSPS) is 11.2. The molecule has 0 saturated heterocycles. The molecule has 0 aliphatic heterocycles. The summed E-state index contributed by atoms with van der Waals surface area (Å²) < 4.78 is 51.6. The lowest BCUT2D eigenvalue weighted by molar-refractivity contribution is 0.353. The zero-order chi connectivity index (χ0) is 17.2. The highest BCUT2D eigenvalue weighted by Crippen LogP contribution is 2.34. The van der Waals surface area contributed by atoms with Gasteiger partial charge < -0.3 is 9.47 Å². The van der Waals surface area contributed by atoms with Crippen molar-refractivity contribution in [3.8, 4) is 11.5 Å². The van der Waals surface area contributed by atoms with Gasteiger partial charge in [-0.3, -0.25) is 4.72 Å². The summed E-state index contributed by atoms with van der Waals surface area (Å²) in [6.45, 7) is 0. The van der Waals surface area contributed by atoms with Crippen molar-refractivity contribution in [1.82, 2.24) is 0 Å². The fourth-order valence-electron chi connectivity index (χ4n) is 1.83. The second-order valence-corrected chi connectivity index (χ2v) is 7.34. The smallest absolute Gasteiger partial charge is 0.263 e. The number of methoxy groups -OCH3 is 2. The number of hydrogen-bond donors (Lipinski definition) is 1. The number of ether oxygens (including phenoxy) is 2. The maximum absolute atomic E-state index is 14.1. The van der Waals surface area contributed by atoms with Crippen LogP contribution in [0.4, 0.5) is 10.1 Å². The maximum atomic E-state index is 14.1. The molecule has 0 unspecified atom stereocenters. The van der Waals surface area contributed by atoms with Crippen LogP contribution in [0, 0.1) is 5.82 Å². The zero-order valence-corrected chi connectivity index (χ0v) is 15.2. The third-order valence-corrected chi connectivity index (χ3v) is 5.24. The van der Waals surface area contributed by atoms with Gasteiger partial charge in [-0.1, -0.05) is 27.5 Å². The van der Waals surface area contributed by atoms with Crippen molar-refractivity contribution in [2.24, 2.45) is 0 Å². The summed E-state index contributed by atoms with van der Waals surface area (Å²) in [5.41, 5.74) is -0.276. The molecule has 0 amide bonds. The molecule has 23 heavy (non-hydrogen) atoms. The molecule has 0 aliphatic carbocycles. The van der Waals surface area contributed by atoms with Gasteiger partial charge in [0.25, 0.3) is 10.0 Å². The first-order chi connectivity index (χ1) is 10.8. The third-order valence-electron chi connectivity index (χ3n) is 2.90. The number of nitrogens with one attached hydrogen (secondary N) is 1. The highest BCUT2D eigenvalue weighted by atomic mass is 79.9. The van der Waals surface area contributed by atoms with Crippen LogP contribution in [0.5, 0.6) is 11.5 Å². The van der Waals surface area contributed by atoms with Crippen LogP contribution in [-0.2, 0) is 10.0 Å². The van der Waals surface area contributed by atoms with E-state index in [9.17, 15) is 12.8 Å². The lowest BCUT2D eigenvalue weighted by Crippen LogP contribution is -2.14. The third kappa shape index (κ3) is 3.88. The molecule has 0 bridgehead atoms. The van der Waals surface area contributed by atoms with Crippen LogP contribution in [-0.4, -0.2) is 22.6 Å². The quantitative estimate of drug-likeness (QED) is 0.786. The summed E-state index contributed by atoms with van der Waals surface area (Å²) >= 11 is 9.12. The molecule has 0 atom stereocenters. The van der Waals surface area contributed by atoms with Crippen molar-refractivity contribution < 1.29 is 22.3 Å². The molecule has 0 saturated carbocycles. The molecule has 0 spiro atoms. The summed E-state index contributed by atoms with van der Waals surface area (Å²) in [5.74, 6) is -0.470. The van der Waals surface area contributed by atoms with E-state index in [0.29, 0.717) is 4.47 Å². The fourth-order valence-corrected chi connectivity index (χ4v) is 3.92. The van der Waals surface area contributed by atoms with Crippen LogP contribution in [0.15, 0.2) is 39.7 Å². The van der Waals surface area contributed by atoms with E-state index in [4.69, 9.17) is 21.1 Å². The average Bonchev–Trinajstić information content (AvgIpc) is 2.48. The Morgan fingerprint density at radius 3 is 2.30 bits per heavy atom. The molecule has 0 heterocycles. The number of rotatable bonds is 5. The summed E-state index contributed by atoms with van der Waals surface area (Å²) in [7, 11) is -1.36. The summed E-state index contributed by atoms with van der Waals surface area (Å²) in [4.78, 5) is -0.170. The van der Waals surface area contributed by atoms with Gasteiger partial charge in [-0.2, -0.15) is 0 Å². The molecule has 0 aromatic heterocycles. The summed E-state index contributed by atoms with van der Waals surface area (Å²) in [6, 6.07) is 6.48. The molecule has 1 N–H and O–H groups in total. The first-order valence-electron chi connectivity index (χ1n) is 6.18. The minimum Gasteiger partial charge on any atom is -0.493 e. The van der Waals surface area contributed by atoms with Crippen molar-refractivity contribution in [2.45, 2.75) is 4.90 Å². The van der Waals surface area contributed by atoms with Crippen LogP contribution < -0.4 is 14.2 Å². The monoisotopic (exact) mass is 423 g/mol. The van der Waals surface area contributed by atoms with Crippen LogP contribution in [0.25, 0.3) is 0 Å². The fraction of sp³-hybridized carbons (Fsp3) is 0.143. The minimum absolute atomic E-state index is 0.00719. The van der Waals surface area contributed by atoms with E-state index >= 15 is 0 Å². The van der Waals surface area contributed by atoms with Gasteiger partial charge in [0, 0.05) is 16.6 Å². The number of halogens is 3. The summed E-state index contributed by atoms with van der Waals surface area (Å²) in [5, 5.41) is 0.00719. The number of anilines is 1. The SMILES string of the molecule is COc1cc(F)c(NS(=O)(=O)c2ccc(Br)cc2Cl)cc1OC. The Bertz CT molecular complexity index is 845. The Kier molecular flexibility index (Phi) is 5.38. The van der Waals surface area contributed by atoms with Gasteiger partial charge in [-0.05, 0) is 18.2 Å². The van der Waals surface area contributed by atoms with Crippen molar-refractivity contribution in [3.63, 3.8) is 0 Å². The molecule has 0 fully saturated rings. The lowest BCUT2D eigenvalue weighted by Gasteiger charge is -2.13.